The lowest BCUT2D eigenvalue weighted by molar-refractivity contribution is -0.116. The SMILES string of the molecule is CC(C)Oc1ccc(CNC(=O)/C=C/c2ccc3c(c2)OCO3)cc1. The van der Waals surface area contributed by atoms with Crippen molar-refractivity contribution in [1.29, 1.82) is 0 Å². The van der Waals surface area contributed by atoms with Crippen molar-refractivity contribution in [2.45, 2.75) is 26.5 Å². The molecule has 0 unspecified atom stereocenters. The minimum absolute atomic E-state index is 0.145. The van der Waals surface area contributed by atoms with Gasteiger partial charge in [-0.2, -0.15) is 0 Å². The van der Waals surface area contributed by atoms with Crippen LogP contribution in [0.5, 0.6) is 17.2 Å². The van der Waals surface area contributed by atoms with Crippen LogP contribution in [0.15, 0.2) is 48.5 Å². The molecule has 1 N–H and O–H groups in total. The van der Waals surface area contributed by atoms with Crippen molar-refractivity contribution < 1.29 is 19.0 Å². The zero-order chi connectivity index (χ0) is 17.6. The van der Waals surface area contributed by atoms with E-state index in [9.17, 15) is 4.79 Å². The van der Waals surface area contributed by atoms with E-state index in [4.69, 9.17) is 14.2 Å². The second-order valence-electron chi connectivity index (χ2n) is 5.97. The number of amides is 1. The minimum atomic E-state index is -0.153. The zero-order valence-electron chi connectivity index (χ0n) is 14.3. The number of carbonyl (C=O) groups is 1. The van der Waals surface area contributed by atoms with Gasteiger partial charge in [-0.3, -0.25) is 4.79 Å². The summed E-state index contributed by atoms with van der Waals surface area (Å²) in [7, 11) is 0. The Morgan fingerprint density at radius 3 is 2.68 bits per heavy atom. The Kier molecular flexibility index (Phi) is 5.23. The molecule has 0 bridgehead atoms. The second-order valence-corrected chi connectivity index (χ2v) is 5.97. The molecule has 1 aliphatic rings. The molecule has 0 spiro atoms. The van der Waals surface area contributed by atoms with Crippen LogP contribution in [0.1, 0.15) is 25.0 Å². The first kappa shape index (κ1) is 16.9. The molecule has 3 rings (SSSR count). The maximum Gasteiger partial charge on any atom is 0.244 e. The topological polar surface area (TPSA) is 56.8 Å². The molecule has 0 radical (unpaired) electrons. The molecule has 0 aliphatic carbocycles. The van der Waals surface area contributed by atoms with Gasteiger partial charge in [0.1, 0.15) is 5.75 Å². The maximum atomic E-state index is 12.0. The fourth-order valence-corrected chi connectivity index (χ4v) is 2.39. The molecule has 25 heavy (non-hydrogen) atoms. The molecular weight excluding hydrogens is 318 g/mol. The Morgan fingerprint density at radius 1 is 1.16 bits per heavy atom. The lowest BCUT2D eigenvalue weighted by atomic mass is 10.2. The van der Waals surface area contributed by atoms with Gasteiger partial charge in [-0.1, -0.05) is 18.2 Å². The van der Waals surface area contributed by atoms with E-state index < -0.39 is 0 Å². The summed E-state index contributed by atoms with van der Waals surface area (Å²) in [6.07, 6.45) is 3.40. The van der Waals surface area contributed by atoms with Crippen LogP contribution in [0.25, 0.3) is 6.08 Å². The van der Waals surface area contributed by atoms with Crippen LogP contribution < -0.4 is 19.5 Å². The monoisotopic (exact) mass is 339 g/mol. The van der Waals surface area contributed by atoms with E-state index in [0.29, 0.717) is 12.3 Å². The number of benzene rings is 2. The molecule has 0 saturated carbocycles. The van der Waals surface area contributed by atoms with Crippen LogP contribution in [0.2, 0.25) is 0 Å². The van der Waals surface area contributed by atoms with Crippen LogP contribution in [0.4, 0.5) is 0 Å². The number of rotatable bonds is 6. The van der Waals surface area contributed by atoms with Gasteiger partial charge in [-0.25, -0.2) is 0 Å². The van der Waals surface area contributed by atoms with Crippen molar-refractivity contribution in [2.24, 2.45) is 0 Å². The summed E-state index contributed by atoms with van der Waals surface area (Å²) in [5.41, 5.74) is 1.90. The lowest BCUT2D eigenvalue weighted by Gasteiger charge is -2.10. The Balaban J connectivity index is 1.50. The van der Waals surface area contributed by atoms with E-state index in [1.807, 2.05) is 56.3 Å². The van der Waals surface area contributed by atoms with Gasteiger partial charge in [-0.05, 0) is 55.3 Å². The molecule has 2 aromatic carbocycles. The first-order chi connectivity index (χ1) is 12.1. The highest BCUT2D eigenvalue weighted by molar-refractivity contribution is 5.91. The largest absolute Gasteiger partial charge is 0.491 e. The molecule has 1 aliphatic heterocycles. The zero-order valence-corrected chi connectivity index (χ0v) is 14.3. The average Bonchev–Trinajstić information content (AvgIpc) is 3.06. The van der Waals surface area contributed by atoms with Gasteiger partial charge in [0.25, 0.3) is 0 Å². The Labute approximate surface area is 147 Å². The van der Waals surface area contributed by atoms with E-state index in [0.717, 1.165) is 22.6 Å². The molecule has 1 heterocycles. The van der Waals surface area contributed by atoms with Crippen LogP contribution in [-0.2, 0) is 11.3 Å². The number of hydrogen-bond donors (Lipinski definition) is 1. The number of nitrogens with one attached hydrogen (secondary N) is 1. The highest BCUT2D eigenvalue weighted by Gasteiger charge is 2.12. The molecule has 0 aromatic heterocycles. The third kappa shape index (κ3) is 4.76. The van der Waals surface area contributed by atoms with Gasteiger partial charge in [0.2, 0.25) is 12.7 Å². The van der Waals surface area contributed by atoms with Crippen molar-refractivity contribution in [1.82, 2.24) is 5.32 Å². The standard InChI is InChI=1S/C20H21NO4/c1-14(2)25-17-7-3-16(4-8-17)12-21-20(22)10-6-15-5-9-18-19(11-15)24-13-23-18/h3-11,14H,12-13H2,1-2H3,(H,21,22)/b10-6+. The number of carbonyl (C=O) groups excluding carboxylic acids is 1. The van der Waals surface area contributed by atoms with Crippen LogP contribution in [-0.4, -0.2) is 18.8 Å². The fraction of sp³-hybridized carbons (Fsp3) is 0.250. The number of hydrogen-bond acceptors (Lipinski definition) is 4. The predicted molar refractivity (Wildman–Crippen MR) is 95.7 cm³/mol. The summed E-state index contributed by atoms with van der Waals surface area (Å²) in [5, 5.41) is 2.86. The van der Waals surface area contributed by atoms with Gasteiger partial charge in [0.15, 0.2) is 11.5 Å². The number of fused-ring (bicyclic) bond motifs is 1. The average molecular weight is 339 g/mol. The highest BCUT2D eigenvalue weighted by atomic mass is 16.7. The highest BCUT2D eigenvalue weighted by Crippen LogP contribution is 2.32. The van der Waals surface area contributed by atoms with E-state index in [2.05, 4.69) is 5.32 Å². The summed E-state index contributed by atoms with van der Waals surface area (Å²) < 4.78 is 16.2. The van der Waals surface area contributed by atoms with Crippen LogP contribution in [0.3, 0.4) is 0 Å². The third-order valence-electron chi connectivity index (χ3n) is 3.59. The first-order valence-electron chi connectivity index (χ1n) is 8.21. The van der Waals surface area contributed by atoms with Gasteiger partial charge >= 0.3 is 0 Å². The second kappa shape index (κ2) is 7.75. The molecule has 5 nitrogen and oxygen atoms in total. The quantitative estimate of drug-likeness (QED) is 0.818. The molecule has 5 heteroatoms. The van der Waals surface area contributed by atoms with Crippen molar-refractivity contribution in [3.63, 3.8) is 0 Å². The summed E-state index contributed by atoms with van der Waals surface area (Å²) >= 11 is 0. The molecular formula is C20H21NO4. The van der Waals surface area contributed by atoms with Crippen molar-refractivity contribution in [3.05, 3.63) is 59.7 Å². The molecule has 0 saturated heterocycles. The molecule has 0 fully saturated rings. The number of ether oxygens (including phenoxy) is 3. The fourth-order valence-electron chi connectivity index (χ4n) is 2.39. The van der Waals surface area contributed by atoms with E-state index in [-0.39, 0.29) is 18.8 Å². The Hall–Kier alpha value is -2.95. The van der Waals surface area contributed by atoms with Gasteiger partial charge in [0, 0.05) is 12.6 Å². The molecule has 130 valence electrons. The predicted octanol–water partition coefficient (Wildman–Crippen LogP) is 3.53. The van der Waals surface area contributed by atoms with Gasteiger partial charge in [0.05, 0.1) is 6.10 Å². The van der Waals surface area contributed by atoms with E-state index >= 15 is 0 Å². The maximum absolute atomic E-state index is 12.0. The minimum Gasteiger partial charge on any atom is -0.491 e. The smallest absolute Gasteiger partial charge is 0.244 e. The van der Waals surface area contributed by atoms with Gasteiger partial charge < -0.3 is 19.5 Å². The normalized spacial score (nSPS) is 12.6. The Bertz CT molecular complexity index is 766. The van der Waals surface area contributed by atoms with Crippen LogP contribution >= 0.6 is 0 Å². The van der Waals surface area contributed by atoms with E-state index in [1.165, 1.54) is 6.08 Å². The van der Waals surface area contributed by atoms with Gasteiger partial charge in [-0.15, -0.1) is 0 Å². The summed E-state index contributed by atoms with van der Waals surface area (Å²) in [6.45, 7) is 4.68. The Morgan fingerprint density at radius 2 is 1.92 bits per heavy atom. The van der Waals surface area contributed by atoms with Crippen molar-refractivity contribution >= 4 is 12.0 Å². The first-order valence-corrected chi connectivity index (χ1v) is 8.21. The van der Waals surface area contributed by atoms with Crippen LogP contribution in [0, 0.1) is 0 Å². The molecule has 0 atom stereocenters. The lowest BCUT2D eigenvalue weighted by Crippen LogP contribution is -2.20. The summed E-state index contributed by atoms with van der Waals surface area (Å²) in [6, 6.07) is 13.3. The summed E-state index contributed by atoms with van der Waals surface area (Å²) in [4.78, 5) is 12.0. The third-order valence-corrected chi connectivity index (χ3v) is 3.59. The van der Waals surface area contributed by atoms with Crippen molar-refractivity contribution in [3.8, 4) is 17.2 Å². The molecule has 1 amide bonds. The van der Waals surface area contributed by atoms with E-state index in [1.54, 1.807) is 6.08 Å². The molecule has 2 aromatic rings. The van der Waals surface area contributed by atoms with Crippen molar-refractivity contribution in [2.75, 3.05) is 6.79 Å². The summed E-state index contributed by atoms with van der Waals surface area (Å²) in [5.74, 6) is 2.10.